The van der Waals surface area contributed by atoms with E-state index in [1.165, 1.54) is 0 Å². The van der Waals surface area contributed by atoms with E-state index in [-0.39, 0.29) is 0 Å². The average Bonchev–Trinajstić information content (AvgIpc) is 2.18. The number of hydrogen-bond acceptors (Lipinski definition) is 1. The van der Waals surface area contributed by atoms with Gasteiger partial charge in [0.15, 0.2) is 0 Å². The first-order valence-corrected chi connectivity index (χ1v) is 5.62. The molecule has 0 aromatic heterocycles. The first-order chi connectivity index (χ1) is 7.09. The smallest absolute Gasteiger partial charge is 0.137 e. The molecule has 1 aliphatic rings. The van der Waals surface area contributed by atoms with Crippen molar-refractivity contribution in [2.24, 2.45) is 11.8 Å². The van der Waals surface area contributed by atoms with E-state index in [4.69, 9.17) is 0 Å². The molecule has 0 radical (unpaired) electrons. The minimum absolute atomic E-state index is 0.335. The van der Waals surface area contributed by atoms with Crippen molar-refractivity contribution in [3.63, 3.8) is 0 Å². The van der Waals surface area contributed by atoms with Gasteiger partial charge < -0.3 is 0 Å². The molecule has 0 aromatic rings. The maximum Gasteiger partial charge on any atom is 0.137 e. The van der Waals surface area contributed by atoms with Gasteiger partial charge in [0.1, 0.15) is 5.78 Å². The highest BCUT2D eigenvalue weighted by atomic mass is 16.1. The molecule has 1 nitrogen and oxygen atoms in total. The van der Waals surface area contributed by atoms with Crippen LogP contribution in [0.5, 0.6) is 0 Å². The third-order valence-electron chi connectivity index (χ3n) is 2.79. The molecule has 1 heteroatoms. The summed E-state index contributed by atoms with van der Waals surface area (Å²) in [5, 5.41) is 0. The summed E-state index contributed by atoms with van der Waals surface area (Å²) in [4.78, 5) is 11.6. The van der Waals surface area contributed by atoms with Crippen molar-refractivity contribution < 1.29 is 4.79 Å². The molecule has 0 spiro atoms. The fourth-order valence-corrected chi connectivity index (χ4v) is 1.65. The number of rotatable bonds is 1. The van der Waals surface area contributed by atoms with Gasteiger partial charge in [-0.25, -0.2) is 0 Å². The van der Waals surface area contributed by atoms with Crippen molar-refractivity contribution >= 4 is 5.78 Å². The summed E-state index contributed by atoms with van der Waals surface area (Å²) in [6, 6.07) is 0. The summed E-state index contributed by atoms with van der Waals surface area (Å²) in [5.74, 6) is 1.21. The second-order valence-electron chi connectivity index (χ2n) is 4.55. The number of ketones is 1. The van der Waals surface area contributed by atoms with Crippen molar-refractivity contribution in [3.05, 3.63) is 36.5 Å². The Kier molecular flexibility index (Phi) is 4.54. The van der Waals surface area contributed by atoms with Gasteiger partial charge in [0, 0.05) is 12.8 Å². The van der Waals surface area contributed by atoms with E-state index in [2.05, 4.69) is 32.6 Å². The van der Waals surface area contributed by atoms with E-state index >= 15 is 0 Å². The van der Waals surface area contributed by atoms with Gasteiger partial charge in [0.05, 0.1) is 0 Å². The summed E-state index contributed by atoms with van der Waals surface area (Å²) in [7, 11) is 0. The lowest BCUT2D eigenvalue weighted by molar-refractivity contribution is -0.119. The summed E-state index contributed by atoms with van der Waals surface area (Å²) in [6.07, 6.45) is 10.3. The Morgan fingerprint density at radius 2 is 2.00 bits per heavy atom. The van der Waals surface area contributed by atoms with Crippen LogP contribution < -0.4 is 0 Å². The van der Waals surface area contributed by atoms with E-state index in [0.29, 0.717) is 30.5 Å². The molecule has 1 atom stereocenters. The normalized spacial score (nSPS) is 27.8. The Balaban J connectivity index is 2.76. The lowest BCUT2D eigenvalue weighted by Gasteiger charge is -2.16. The Morgan fingerprint density at radius 3 is 2.67 bits per heavy atom. The van der Waals surface area contributed by atoms with Crippen LogP contribution in [0.4, 0.5) is 0 Å². The van der Waals surface area contributed by atoms with Crippen LogP contribution in [0.2, 0.25) is 0 Å². The van der Waals surface area contributed by atoms with E-state index in [0.717, 1.165) is 12.0 Å². The number of Topliss-reactive ketones (excluding diaryl/α,β-unsaturated/α-hetero) is 1. The molecule has 0 saturated carbocycles. The molecule has 0 saturated heterocycles. The predicted octanol–water partition coefficient (Wildman–Crippen LogP) is 3.68. The van der Waals surface area contributed by atoms with Gasteiger partial charge in [-0.2, -0.15) is 0 Å². The van der Waals surface area contributed by atoms with Crippen LogP contribution >= 0.6 is 0 Å². The quantitative estimate of drug-likeness (QED) is 0.595. The first kappa shape index (κ1) is 12.0. The maximum atomic E-state index is 11.6. The molecule has 1 unspecified atom stereocenters. The molecular formula is C14H20O. The van der Waals surface area contributed by atoms with Crippen LogP contribution in [0, 0.1) is 11.8 Å². The fraction of sp³-hybridized carbons (Fsp3) is 0.500. The summed E-state index contributed by atoms with van der Waals surface area (Å²) >= 11 is 0. The number of allylic oxidation sites excluding steroid dienone is 5. The number of carbonyl (C=O) groups excluding carboxylic acids is 1. The summed E-state index contributed by atoms with van der Waals surface area (Å²) in [5.41, 5.74) is 1.12. The standard InChI is InChI=1S/C14H20O/c1-11(2)13-9-8-12(3)6-4-5-7-14(15)10-13/h4-5,8-9,11,13H,3,6-7,10H2,1-2H3/b5-4+,9-8+. The zero-order valence-electron chi connectivity index (χ0n) is 9.70. The molecule has 0 amide bonds. The highest BCUT2D eigenvalue weighted by Crippen LogP contribution is 2.20. The molecule has 0 heterocycles. The Morgan fingerprint density at radius 1 is 1.33 bits per heavy atom. The molecule has 1 aliphatic carbocycles. The van der Waals surface area contributed by atoms with Gasteiger partial charge in [0.2, 0.25) is 0 Å². The van der Waals surface area contributed by atoms with Gasteiger partial charge in [-0.05, 0) is 18.3 Å². The predicted molar refractivity (Wildman–Crippen MR) is 64.6 cm³/mol. The summed E-state index contributed by atoms with van der Waals surface area (Å²) < 4.78 is 0. The van der Waals surface area contributed by atoms with Crippen LogP contribution in [-0.2, 0) is 4.79 Å². The van der Waals surface area contributed by atoms with Crippen molar-refractivity contribution in [1.29, 1.82) is 0 Å². The van der Waals surface area contributed by atoms with Gasteiger partial charge in [-0.15, -0.1) is 0 Å². The first-order valence-electron chi connectivity index (χ1n) is 5.62. The Labute approximate surface area is 92.6 Å². The van der Waals surface area contributed by atoms with Crippen LogP contribution in [0.25, 0.3) is 0 Å². The minimum Gasteiger partial charge on any atom is -0.299 e. The molecule has 0 aromatic carbocycles. The van der Waals surface area contributed by atoms with Crippen molar-refractivity contribution in [3.8, 4) is 0 Å². The van der Waals surface area contributed by atoms with Gasteiger partial charge in [0.25, 0.3) is 0 Å². The molecular weight excluding hydrogens is 184 g/mol. The molecule has 0 fully saturated rings. The van der Waals surface area contributed by atoms with E-state index in [1.54, 1.807) is 0 Å². The molecule has 0 bridgehead atoms. The van der Waals surface area contributed by atoms with Crippen LogP contribution in [0.3, 0.4) is 0 Å². The van der Waals surface area contributed by atoms with E-state index < -0.39 is 0 Å². The van der Waals surface area contributed by atoms with Crippen LogP contribution in [0.1, 0.15) is 33.1 Å². The maximum absolute atomic E-state index is 11.6. The number of hydrogen-bond donors (Lipinski definition) is 0. The lowest BCUT2D eigenvalue weighted by Crippen LogP contribution is -2.12. The third-order valence-corrected chi connectivity index (χ3v) is 2.79. The van der Waals surface area contributed by atoms with Crippen molar-refractivity contribution in [1.82, 2.24) is 0 Å². The number of carbonyl (C=O) groups is 1. The molecule has 0 aliphatic heterocycles. The van der Waals surface area contributed by atoms with Crippen LogP contribution in [0.15, 0.2) is 36.5 Å². The van der Waals surface area contributed by atoms with E-state index in [9.17, 15) is 4.79 Å². The molecule has 1 rings (SSSR count). The second-order valence-corrected chi connectivity index (χ2v) is 4.55. The molecule has 0 N–H and O–H groups in total. The highest BCUT2D eigenvalue weighted by Gasteiger charge is 2.14. The average molecular weight is 204 g/mol. The zero-order valence-corrected chi connectivity index (χ0v) is 9.70. The SMILES string of the molecule is C=C1/C=C/C(C(C)C)CC(=O)C/C=C/C1. The Hall–Kier alpha value is -1.11. The topological polar surface area (TPSA) is 17.1 Å². The van der Waals surface area contributed by atoms with Crippen molar-refractivity contribution in [2.75, 3.05) is 0 Å². The summed E-state index contributed by atoms with van der Waals surface area (Å²) in [6.45, 7) is 8.30. The largest absolute Gasteiger partial charge is 0.299 e. The zero-order chi connectivity index (χ0) is 11.3. The van der Waals surface area contributed by atoms with Gasteiger partial charge >= 0.3 is 0 Å². The minimum atomic E-state index is 0.335. The Bertz CT molecular complexity index is 294. The second kappa shape index (κ2) is 5.69. The van der Waals surface area contributed by atoms with Gasteiger partial charge in [-0.3, -0.25) is 4.79 Å². The van der Waals surface area contributed by atoms with Crippen LogP contribution in [-0.4, -0.2) is 5.78 Å². The van der Waals surface area contributed by atoms with Crippen molar-refractivity contribution in [2.45, 2.75) is 33.1 Å². The lowest BCUT2D eigenvalue weighted by atomic mass is 9.88. The fourth-order valence-electron chi connectivity index (χ4n) is 1.65. The molecule has 15 heavy (non-hydrogen) atoms. The monoisotopic (exact) mass is 204 g/mol. The van der Waals surface area contributed by atoms with E-state index in [1.807, 2.05) is 12.2 Å². The molecule has 82 valence electrons. The third kappa shape index (κ3) is 4.28. The highest BCUT2D eigenvalue weighted by molar-refractivity contribution is 5.80. The van der Waals surface area contributed by atoms with Gasteiger partial charge in [-0.1, -0.05) is 50.3 Å².